The number of carbonyl (C=O) groups excluding carboxylic acids is 2. The molecule has 36 heavy (non-hydrogen) atoms. The highest BCUT2D eigenvalue weighted by Crippen LogP contribution is 2.20. The van der Waals surface area contributed by atoms with Crippen molar-refractivity contribution in [2.24, 2.45) is 0 Å². The molecule has 4 aromatic rings. The van der Waals surface area contributed by atoms with Crippen molar-refractivity contribution in [2.45, 2.75) is 38.5 Å². The summed E-state index contributed by atoms with van der Waals surface area (Å²) in [6.07, 6.45) is 2.37. The molecule has 1 amide bonds. The van der Waals surface area contributed by atoms with E-state index in [1.807, 2.05) is 37.3 Å². The molecule has 2 aromatic carbocycles. The fraction of sp³-hybridized carbons (Fsp3) is 0.269. The molecule has 0 aliphatic heterocycles. The highest BCUT2D eigenvalue weighted by Gasteiger charge is 2.18. The Morgan fingerprint density at radius 1 is 1.06 bits per heavy atom. The van der Waals surface area contributed by atoms with E-state index in [4.69, 9.17) is 4.74 Å². The molecule has 4 rings (SSSR count). The van der Waals surface area contributed by atoms with Gasteiger partial charge in [0.1, 0.15) is 5.52 Å². The number of carbonyl (C=O) groups is 2. The fourth-order valence-electron chi connectivity index (χ4n) is 3.67. The summed E-state index contributed by atoms with van der Waals surface area (Å²) in [6.45, 7) is 4.92. The van der Waals surface area contributed by atoms with Crippen molar-refractivity contribution < 1.29 is 14.3 Å². The number of para-hydroxylation sites is 1. The minimum atomic E-state index is -0.504. The second-order valence-corrected chi connectivity index (χ2v) is 8.85. The minimum Gasteiger partial charge on any atom is -0.462 e. The average Bonchev–Trinajstić information content (AvgIpc) is 3.32. The lowest BCUT2D eigenvalue weighted by Gasteiger charge is -2.13. The Hall–Kier alpha value is -3.92. The van der Waals surface area contributed by atoms with Crippen molar-refractivity contribution in [3.8, 4) is 0 Å². The van der Waals surface area contributed by atoms with E-state index in [2.05, 4.69) is 15.4 Å². The number of esters is 1. The molecule has 0 fully saturated rings. The van der Waals surface area contributed by atoms with Crippen LogP contribution in [0.25, 0.3) is 11.0 Å². The number of hydrogen-bond acceptors (Lipinski definition) is 7. The molecule has 1 N–H and O–H groups in total. The first-order valence-electron chi connectivity index (χ1n) is 11.7. The summed E-state index contributed by atoms with van der Waals surface area (Å²) in [4.78, 5) is 43.0. The quantitative estimate of drug-likeness (QED) is 0.199. The van der Waals surface area contributed by atoms with E-state index < -0.39 is 5.97 Å². The summed E-state index contributed by atoms with van der Waals surface area (Å²) >= 11 is 1.17. The molecule has 0 spiro atoms. The van der Waals surface area contributed by atoms with Crippen LogP contribution in [0.3, 0.4) is 0 Å². The number of hydrogen-bond donors (Lipinski definition) is 1. The number of nitrogens with zero attached hydrogens (tertiary/aromatic N) is 4. The SMILES string of the molecule is CCOC(=O)c1ccccc1NC(=O)CSc1nc2cn(CC)nc2c(=O)n1CCc1ccccc1. The first kappa shape index (κ1) is 25.2. The van der Waals surface area contributed by atoms with Crippen LogP contribution in [0, 0.1) is 0 Å². The first-order valence-corrected chi connectivity index (χ1v) is 12.7. The normalized spacial score (nSPS) is 10.9. The lowest BCUT2D eigenvalue weighted by atomic mass is 10.1. The Bertz CT molecular complexity index is 1430. The van der Waals surface area contributed by atoms with Gasteiger partial charge in [-0.15, -0.1) is 0 Å². The van der Waals surface area contributed by atoms with Crippen molar-refractivity contribution in [1.82, 2.24) is 19.3 Å². The van der Waals surface area contributed by atoms with Gasteiger partial charge in [-0.25, -0.2) is 9.78 Å². The number of thioether (sulfide) groups is 1. The van der Waals surface area contributed by atoms with E-state index in [0.717, 1.165) is 5.56 Å². The number of ether oxygens (including phenoxy) is 1. The second kappa shape index (κ2) is 11.7. The Balaban J connectivity index is 1.56. The zero-order chi connectivity index (χ0) is 25.5. The van der Waals surface area contributed by atoms with Crippen molar-refractivity contribution >= 4 is 40.4 Å². The number of benzene rings is 2. The van der Waals surface area contributed by atoms with Crippen LogP contribution in [-0.4, -0.2) is 43.6 Å². The molecule has 9 nitrogen and oxygen atoms in total. The van der Waals surface area contributed by atoms with E-state index in [9.17, 15) is 14.4 Å². The van der Waals surface area contributed by atoms with E-state index in [1.165, 1.54) is 11.8 Å². The molecule has 0 aliphatic rings. The molecule has 2 aromatic heterocycles. The van der Waals surface area contributed by atoms with Crippen LogP contribution >= 0.6 is 11.8 Å². The topological polar surface area (TPSA) is 108 Å². The summed E-state index contributed by atoms with van der Waals surface area (Å²) in [5, 5.41) is 7.58. The standard InChI is InChI=1S/C26H27N5O4S/c1-3-30-16-21-23(29-30)24(33)31(15-14-18-10-6-5-7-11-18)26(28-21)36-17-22(32)27-20-13-9-8-12-19(20)25(34)35-4-2/h5-13,16H,3-4,14-15,17H2,1-2H3,(H,27,32). The maximum Gasteiger partial charge on any atom is 0.340 e. The van der Waals surface area contributed by atoms with Gasteiger partial charge in [0.2, 0.25) is 5.91 Å². The highest BCUT2D eigenvalue weighted by atomic mass is 32.2. The van der Waals surface area contributed by atoms with Gasteiger partial charge in [0.05, 0.1) is 29.8 Å². The molecular weight excluding hydrogens is 478 g/mol. The van der Waals surface area contributed by atoms with E-state index in [0.29, 0.717) is 41.4 Å². The van der Waals surface area contributed by atoms with Crippen LogP contribution in [0.4, 0.5) is 5.69 Å². The maximum absolute atomic E-state index is 13.3. The molecule has 10 heteroatoms. The highest BCUT2D eigenvalue weighted by molar-refractivity contribution is 7.99. The molecule has 2 heterocycles. The van der Waals surface area contributed by atoms with Crippen LogP contribution in [-0.2, 0) is 29.0 Å². The monoisotopic (exact) mass is 505 g/mol. The van der Waals surface area contributed by atoms with Crippen molar-refractivity contribution in [3.63, 3.8) is 0 Å². The third-order valence-electron chi connectivity index (χ3n) is 5.46. The smallest absolute Gasteiger partial charge is 0.340 e. The third kappa shape index (κ3) is 5.83. The number of fused-ring (bicyclic) bond motifs is 1. The first-order chi connectivity index (χ1) is 17.5. The van der Waals surface area contributed by atoms with Gasteiger partial charge in [0.25, 0.3) is 5.56 Å². The average molecular weight is 506 g/mol. The molecule has 0 saturated heterocycles. The van der Waals surface area contributed by atoms with E-state index in [-0.39, 0.29) is 29.4 Å². The molecule has 0 saturated carbocycles. The van der Waals surface area contributed by atoms with Gasteiger partial charge in [0.15, 0.2) is 10.7 Å². The minimum absolute atomic E-state index is 0.00234. The molecule has 0 bridgehead atoms. The van der Waals surface area contributed by atoms with Gasteiger partial charge in [-0.3, -0.25) is 18.8 Å². The summed E-state index contributed by atoms with van der Waals surface area (Å²) in [7, 11) is 0. The van der Waals surface area contributed by atoms with E-state index in [1.54, 1.807) is 46.6 Å². The predicted octanol–water partition coefficient (Wildman–Crippen LogP) is 3.76. The van der Waals surface area contributed by atoms with Crippen LogP contribution in [0.5, 0.6) is 0 Å². The number of rotatable bonds is 10. The fourth-order valence-corrected chi connectivity index (χ4v) is 4.50. The number of amides is 1. The summed E-state index contributed by atoms with van der Waals surface area (Å²) < 4.78 is 8.32. The molecule has 0 aliphatic carbocycles. The van der Waals surface area contributed by atoms with E-state index >= 15 is 0 Å². The predicted molar refractivity (Wildman–Crippen MR) is 139 cm³/mol. The Morgan fingerprint density at radius 3 is 2.56 bits per heavy atom. The van der Waals surface area contributed by atoms with Crippen LogP contribution in [0.1, 0.15) is 29.8 Å². The maximum atomic E-state index is 13.3. The van der Waals surface area contributed by atoms with Gasteiger partial charge >= 0.3 is 5.97 Å². The molecule has 0 atom stereocenters. The number of anilines is 1. The lowest BCUT2D eigenvalue weighted by Crippen LogP contribution is -2.25. The molecule has 0 radical (unpaired) electrons. The summed E-state index contributed by atoms with van der Waals surface area (Å²) in [6, 6.07) is 16.5. The van der Waals surface area contributed by atoms with Crippen LogP contribution in [0.2, 0.25) is 0 Å². The Labute approximate surface area is 212 Å². The Morgan fingerprint density at radius 2 is 1.81 bits per heavy atom. The molecule has 186 valence electrons. The largest absolute Gasteiger partial charge is 0.462 e. The number of aromatic nitrogens is 4. The van der Waals surface area contributed by atoms with Crippen LogP contribution < -0.4 is 10.9 Å². The molecular formula is C26H27N5O4S. The Kier molecular flexibility index (Phi) is 8.17. The number of nitrogens with one attached hydrogen (secondary N) is 1. The van der Waals surface area contributed by atoms with Gasteiger partial charge in [-0.05, 0) is 38.0 Å². The van der Waals surface area contributed by atoms with Gasteiger partial charge in [0, 0.05) is 13.1 Å². The van der Waals surface area contributed by atoms with Gasteiger partial charge in [-0.1, -0.05) is 54.2 Å². The zero-order valence-electron chi connectivity index (χ0n) is 20.1. The third-order valence-corrected chi connectivity index (χ3v) is 6.43. The van der Waals surface area contributed by atoms with Crippen LogP contribution in [0.15, 0.2) is 70.7 Å². The second-order valence-electron chi connectivity index (χ2n) is 7.91. The molecule has 0 unspecified atom stereocenters. The zero-order valence-corrected chi connectivity index (χ0v) is 21.0. The summed E-state index contributed by atoms with van der Waals surface area (Å²) in [5.41, 5.74) is 2.31. The van der Waals surface area contributed by atoms with Gasteiger partial charge in [-0.2, -0.15) is 5.10 Å². The van der Waals surface area contributed by atoms with Crippen molar-refractivity contribution in [1.29, 1.82) is 0 Å². The van der Waals surface area contributed by atoms with Crippen molar-refractivity contribution in [3.05, 3.63) is 82.3 Å². The van der Waals surface area contributed by atoms with Crippen molar-refractivity contribution in [2.75, 3.05) is 17.7 Å². The summed E-state index contributed by atoms with van der Waals surface area (Å²) in [5.74, 6) is -0.830. The number of aryl methyl sites for hydroxylation is 2. The van der Waals surface area contributed by atoms with Gasteiger partial charge < -0.3 is 10.1 Å². The lowest BCUT2D eigenvalue weighted by molar-refractivity contribution is -0.113.